The van der Waals surface area contributed by atoms with Crippen LogP contribution in [0, 0.1) is 5.82 Å². The first-order valence-corrected chi connectivity index (χ1v) is 8.51. The summed E-state index contributed by atoms with van der Waals surface area (Å²) in [6.07, 6.45) is 4.39. The summed E-state index contributed by atoms with van der Waals surface area (Å²) in [4.78, 5) is 4.63. The second kappa shape index (κ2) is 6.59. The fourth-order valence-electron chi connectivity index (χ4n) is 3.07. The molecule has 26 heavy (non-hydrogen) atoms. The molecule has 3 aromatic heterocycles. The van der Waals surface area contributed by atoms with Gasteiger partial charge in [-0.3, -0.25) is 4.68 Å². The van der Waals surface area contributed by atoms with Gasteiger partial charge in [0.2, 0.25) is 0 Å². The molecule has 0 aliphatic carbocycles. The minimum absolute atomic E-state index is 0.0818. The number of anilines is 1. The van der Waals surface area contributed by atoms with E-state index in [2.05, 4.69) is 27.4 Å². The predicted octanol–water partition coefficient (Wildman–Crippen LogP) is 3.83. The molecule has 4 rings (SSSR count). The van der Waals surface area contributed by atoms with E-state index in [9.17, 15) is 4.39 Å². The molecule has 7 heteroatoms. The number of hydrogen-bond donors (Lipinski definition) is 1. The predicted molar refractivity (Wildman–Crippen MR) is 98.2 cm³/mol. The second-order valence-electron chi connectivity index (χ2n) is 6.12. The van der Waals surface area contributed by atoms with Crippen LogP contribution < -0.4 is 5.32 Å². The minimum Gasteiger partial charge on any atom is -0.362 e. The Hall–Kier alpha value is -3.22. The van der Waals surface area contributed by atoms with Crippen molar-refractivity contribution in [3.8, 4) is 11.3 Å². The van der Waals surface area contributed by atoms with E-state index in [4.69, 9.17) is 0 Å². The highest BCUT2D eigenvalue weighted by Crippen LogP contribution is 2.26. The number of aryl methyl sites for hydroxylation is 1. The molecule has 4 aromatic rings. The van der Waals surface area contributed by atoms with Crippen molar-refractivity contribution in [1.82, 2.24) is 24.4 Å². The van der Waals surface area contributed by atoms with Gasteiger partial charge in [0.15, 0.2) is 5.65 Å². The molecule has 1 N–H and O–H groups in total. The number of benzene rings is 1. The molecule has 132 valence electrons. The smallest absolute Gasteiger partial charge is 0.157 e. The third kappa shape index (κ3) is 2.92. The molecule has 0 bridgehead atoms. The first-order valence-electron chi connectivity index (χ1n) is 8.51. The average molecular weight is 350 g/mol. The van der Waals surface area contributed by atoms with Crippen LogP contribution in [0.1, 0.15) is 25.1 Å². The van der Waals surface area contributed by atoms with Gasteiger partial charge in [0.1, 0.15) is 11.6 Å². The van der Waals surface area contributed by atoms with E-state index >= 15 is 0 Å². The lowest BCUT2D eigenvalue weighted by atomic mass is 10.1. The lowest BCUT2D eigenvalue weighted by molar-refractivity contribution is 0.628. The fourth-order valence-corrected chi connectivity index (χ4v) is 3.07. The van der Waals surface area contributed by atoms with Gasteiger partial charge in [0.25, 0.3) is 0 Å². The maximum Gasteiger partial charge on any atom is 0.157 e. The Balaban J connectivity index is 1.77. The Bertz CT molecular complexity index is 1030. The van der Waals surface area contributed by atoms with Gasteiger partial charge in [0.05, 0.1) is 23.6 Å². The number of halogens is 1. The Morgan fingerprint density at radius 1 is 1.08 bits per heavy atom. The number of aromatic nitrogens is 5. The van der Waals surface area contributed by atoms with Gasteiger partial charge in [-0.25, -0.2) is 9.37 Å². The highest BCUT2D eigenvalue weighted by atomic mass is 19.1. The zero-order chi connectivity index (χ0) is 18.1. The molecule has 0 saturated heterocycles. The molecule has 0 amide bonds. The van der Waals surface area contributed by atoms with Crippen molar-refractivity contribution in [3.63, 3.8) is 0 Å². The molecule has 0 spiro atoms. The molecule has 0 unspecified atom stereocenters. The summed E-state index contributed by atoms with van der Waals surface area (Å²) in [7, 11) is 1.93. The molecular formula is C19H19FN6. The van der Waals surface area contributed by atoms with Crippen LogP contribution in [0.2, 0.25) is 0 Å². The molecule has 1 atom stereocenters. The SMILES string of the molecule is CC[C@H](Nc1cc(-c2ccc(F)cc2)nc2ccnn12)c1ccnn1C. The third-order valence-electron chi connectivity index (χ3n) is 4.45. The van der Waals surface area contributed by atoms with Crippen LogP contribution in [0.3, 0.4) is 0 Å². The van der Waals surface area contributed by atoms with E-state index in [1.807, 2.05) is 29.9 Å². The highest BCUT2D eigenvalue weighted by molar-refractivity contribution is 5.66. The Morgan fingerprint density at radius 3 is 2.54 bits per heavy atom. The summed E-state index contributed by atoms with van der Waals surface area (Å²) in [6, 6.07) is 12.2. The van der Waals surface area contributed by atoms with Gasteiger partial charge in [0, 0.05) is 30.9 Å². The summed E-state index contributed by atoms with van der Waals surface area (Å²) in [5.74, 6) is 0.562. The molecule has 0 aliphatic rings. The largest absolute Gasteiger partial charge is 0.362 e. The number of rotatable bonds is 5. The van der Waals surface area contributed by atoms with Gasteiger partial charge in [-0.05, 0) is 36.8 Å². The van der Waals surface area contributed by atoms with Gasteiger partial charge >= 0.3 is 0 Å². The zero-order valence-electron chi connectivity index (χ0n) is 14.6. The summed E-state index contributed by atoms with van der Waals surface area (Å²) < 4.78 is 16.9. The minimum atomic E-state index is -0.264. The lowest BCUT2D eigenvalue weighted by Gasteiger charge is -2.19. The Kier molecular flexibility index (Phi) is 4.12. The van der Waals surface area contributed by atoms with Crippen LogP contribution in [0.4, 0.5) is 10.2 Å². The molecule has 3 heterocycles. The van der Waals surface area contributed by atoms with Gasteiger partial charge in [-0.1, -0.05) is 6.92 Å². The van der Waals surface area contributed by atoms with Crippen molar-refractivity contribution >= 4 is 11.5 Å². The second-order valence-corrected chi connectivity index (χ2v) is 6.12. The summed E-state index contributed by atoms with van der Waals surface area (Å²) in [5.41, 5.74) is 3.44. The highest BCUT2D eigenvalue weighted by Gasteiger charge is 2.16. The molecule has 0 aliphatic heterocycles. The van der Waals surface area contributed by atoms with Crippen LogP contribution in [0.5, 0.6) is 0 Å². The maximum atomic E-state index is 13.2. The third-order valence-corrected chi connectivity index (χ3v) is 4.45. The van der Waals surface area contributed by atoms with E-state index in [1.165, 1.54) is 12.1 Å². The van der Waals surface area contributed by atoms with E-state index in [-0.39, 0.29) is 11.9 Å². The maximum absolute atomic E-state index is 13.2. The van der Waals surface area contributed by atoms with Crippen molar-refractivity contribution in [2.24, 2.45) is 7.05 Å². The zero-order valence-corrected chi connectivity index (χ0v) is 14.6. The lowest BCUT2D eigenvalue weighted by Crippen LogP contribution is -2.16. The first-order chi connectivity index (χ1) is 12.7. The molecule has 1 aromatic carbocycles. The number of nitrogens with zero attached hydrogens (tertiary/aromatic N) is 5. The summed E-state index contributed by atoms with van der Waals surface area (Å²) in [5, 5.41) is 12.2. The van der Waals surface area contributed by atoms with E-state index < -0.39 is 0 Å². The van der Waals surface area contributed by atoms with Crippen molar-refractivity contribution in [2.45, 2.75) is 19.4 Å². The monoisotopic (exact) mass is 350 g/mol. The van der Waals surface area contributed by atoms with Crippen LogP contribution in [-0.4, -0.2) is 24.4 Å². The van der Waals surface area contributed by atoms with E-state index in [1.54, 1.807) is 29.0 Å². The Labute approximate surface area is 150 Å². The fraction of sp³-hybridized carbons (Fsp3) is 0.211. The first kappa shape index (κ1) is 16.3. The number of nitrogens with one attached hydrogen (secondary N) is 1. The summed E-state index contributed by atoms with van der Waals surface area (Å²) in [6.45, 7) is 2.12. The van der Waals surface area contributed by atoms with Gasteiger partial charge in [-0.2, -0.15) is 14.7 Å². The number of hydrogen-bond acceptors (Lipinski definition) is 4. The van der Waals surface area contributed by atoms with E-state index in [0.29, 0.717) is 0 Å². The van der Waals surface area contributed by atoms with Gasteiger partial charge in [-0.15, -0.1) is 0 Å². The van der Waals surface area contributed by atoms with E-state index in [0.717, 1.165) is 34.8 Å². The number of fused-ring (bicyclic) bond motifs is 1. The molecule has 0 radical (unpaired) electrons. The normalized spacial score (nSPS) is 12.4. The molecule has 6 nitrogen and oxygen atoms in total. The summed E-state index contributed by atoms with van der Waals surface area (Å²) >= 11 is 0. The quantitative estimate of drug-likeness (QED) is 0.594. The van der Waals surface area contributed by atoms with Crippen molar-refractivity contribution < 1.29 is 4.39 Å². The Morgan fingerprint density at radius 2 is 1.85 bits per heavy atom. The molecule has 0 fully saturated rings. The van der Waals surface area contributed by atoms with Crippen molar-refractivity contribution in [1.29, 1.82) is 0 Å². The average Bonchev–Trinajstić information content (AvgIpc) is 3.29. The van der Waals surface area contributed by atoms with Crippen LogP contribution >= 0.6 is 0 Å². The van der Waals surface area contributed by atoms with Crippen molar-refractivity contribution in [2.75, 3.05) is 5.32 Å². The van der Waals surface area contributed by atoms with Crippen LogP contribution in [0.25, 0.3) is 16.9 Å². The standard InChI is InChI=1S/C19H19FN6/c1-3-15(17-8-10-21-25(17)2)23-19-12-16(13-4-6-14(20)7-5-13)24-18-9-11-22-26(18)19/h4-12,15,23H,3H2,1-2H3/t15-/m0/s1. The van der Waals surface area contributed by atoms with Crippen LogP contribution in [-0.2, 0) is 7.05 Å². The van der Waals surface area contributed by atoms with Crippen LogP contribution in [0.15, 0.2) is 54.9 Å². The van der Waals surface area contributed by atoms with Crippen molar-refractivity contribution in [3.05, 3.63) is 66.4 Å². The van der Waals surface area contributed by atoms with Gasteiger partial charge < -0.3 is 5.32 Å². The topological polar surface area (TPSA) is 60.0 Å². The molecule has 0 saturated carbocycles. The molecular weight excluding hydrogens is 331 g/mol.